The summed E-state index contributed by atoms with van der Waals surface area (Å²) in [6.45, 7) is 6.70. The van der Waals surface area contributed by atoms with Crippen molar-refractivity contribution >= 4 is 5.91 Å². The first-order valence-electron chi connectivity index (χ1n) is 9.34. The molecular weight excluding hydrogens is 316 g/mol. The van der Waals surface area contributed by atoms with Crippen LogP contribution in [0, 0.1) is 6.92 Å². The van der Waals surface area contributed by atoms with E-state index in [0.29, 0.717) is 18.8 Å². The van der Waals surface area contributed by atoms with E-state index in [0.717, 1.165) is 56.4 Å². The highest BCUT2D eigenvalue weighted by Gasteiger charge is 2.27. The molecule has 25 heavy (non-hydrogen) atoms. The number of aromatic amines is 1. The minimum absolute atomic E-state index is 0.193. The van der Waals surface area contributed by atoms with Crippen LogP contribution in [0.2, 0.25) is 0 Å². The molecule has 1 saturated heterocycles. The molecule has 1 aliphatic rings. The van der Waals surface area contributed by atoms with Crippen LogP contribution in [0.1, 0.15) is 62.4 Å². The van der Waals surface area contributed by atoms with Crippen LogP contribution in [0.25, 0.3) is 0 Å². The Balaban J connectivity index is 1.57. The second-order valence-corrected chi connectivity index (χ2v) is 6.85. The number of piperidine rings is 1. The summed E-state index contributed by atoms with van der Waals surface area (Å²) in [7, 11) is 0. The fourth-order valence-corrected chi connectivity index (χ4v) is 3.49. The topological polar surface area (TPSA) is 79.7 Å². The van der Waals surface area contributed by atoms with Crippen LogP contribution in [0.15, 0.2) is 12.4 Å². The number of H-pyrrole nitrogens is 1. The lowest BCUT2D eigenvalue weighted by Crippen LogP contribution is -2.39. The van der Waals surface area contributed by atoms with Gasteiger partial charge in [0.05, 0.1) is 0 Å². The lowest BCUT2D eigenvalue weighted by atomic mass is 9.96. The molecular formula is C18H28N6O. The van der Waals surface area contributed by atoms with Crippen LogP contribution in [-0.2, 0) is 17.8 Å². The summed E-state index contributed by atoms with van der Waals surface area (Å²) in [4.78, 5) is 23.4. The van der Waals surface area contributed by atoms with Crippen molar-refractivity contribution < 1.29 is 4.79 Å². The van der Waals surface area contributed by atoms with Gasteiger partial charge in [-0.05, 0) is 26.2 Å². The maximum atomic E-state index is 12.6. The van der Waals surface area contributed by atoms with E-state index in [2.05, 4.69) is 37.9 Å². The van der Waals surface area contributed by atoms with Gasteiger partial charge in [-0.3, -0.25) is 9.89 Å². The number of amides is 1. The summed E-state index contributed by atoms with van der Waals surface area (Å²) < 4.78 is 2.26. The van der Waals surface area contributed by atoms with E-state index >= 15 is 0 Å². The fraction of sp³-hybridized carbons (Fsp3) is 0.667. The first-order valence-corrected chi connectivity index (χ1v) is 9.34. The zero-order valence-corrected chi connectivity index (χ0v) is 15.2. The van der Waals surface area contributed by atoms with Gasteiger partial charge in [0, 0.05) is 50.8 Å². The molecule has 2 aromatic rings. The zero-order valence-electron chi connectivity index (χ0n) is 15.2. The molecule has 1 atom stereocenters. The lowest BCUT2D eigenvalue weighted by Gasteiger charge is -2.32. The SMILES string of the molecule is CCCCn1ccnc1[C@@H]1CCCN(C(=O)CCc2n[nH]c(C)n2)C1. The molecule has 136 valence electrons. The van der Waals surface area contributed by atoms with E-state index in [1.165, 1.54) is 6.42 Å². The number of hydrogen-bond acceptors (Lipinski definition) is 4. The molecule has 0 unspecified atom stereocenters. The molecule has 0 radical (unpaired) electrons. The van der Waals surface area contributed by atoms with Gasteiger partial charge in [-0.15, -0.1) is 0 Å². The Morgan fingerprint density at radius 1 is 1.44 bits per heavy atom. The quantitative estimate of drug-likeness (QED) is 0.837. The van der Waals surface area contributed by atoms with Crippen molar-refractivity contribution in [2.75, 3.05) is 13.1 Å². The van der Waals surface area contributed by atoms with Crippen molar-refractivity contribution in [1.82, 2.24) is 29.6 Å². The Hall–Kier alpha value is -2.18. The summed E-state index contributed by atoms with van der Waals surface area (Å²) in [6, 6.07) is 0. The molecule has 1 aliphatic heterocycles. The number of aromatic nitrogens is 5. The summed E-state index contributed by atoms with van der Waals surface area (Å²) in [5.74, 6) is 3.18. The molecule has 2 aromatic heterocycles. The van der Waals surface area contributed by atoms with Crippen molar-refractivity contribution in [2.24, 2.45) is 0 Å². The first-order chi connectivity index (χ1) is 12.2. The minimum atomic E-state index is 0.193. The predicted molar refractivity (Wildman–Crippen MR) is 95.1 cm³/mol. The Morgan fingerprint density at radius 3 is 3.08 bits per heavy atom. The van der Waals surface area contributed by atoms with E-state index in [-0.39, 0.29) is 5.91 Å². The van der Waals surface area contributed by atoms with Gasteiger partial charge in [0.1, 0.15) is 11.6 Å². The second-order valence-electron chi connectivity index (χ2n) is 6.85. The van der Waals surface area contributed by atoms with Crippen molar-refractivity contribution in [3.63, 3.8) is 0 Å². The van der Waals surface area contributed by atoms with Gasteiger partial charge in [-0.1, -0.05) is 13.3 Å². The molecule has 0 aromatic carbocycles. The van der Waals surface area contributed by atoms with Gasteiger partial charge in [-0.2, -0.15) is 5.10 Å². The fourth-order valence-electron chi connectivity index (χ4n) is 3.49. The highest BCUT2D eigenvalue weighted by molar-refractivity contribution is 5.76. The number of carbonyl (C=O) groups excluding carboxylic acids is 1. The van der Waals surface area contributed by atoms with Gasteiger partial charge in [0.15, 0.2) is 5.82 Å². The highest BCUT2D eigenvalue weighted by atomic mass is 16.2. The van der Waals surface area contributed by atoms with Gasteiger partial charge in [0.25, 0.3) is 0 Å². The van der Waals surface area contributed by atoms with E-state index in [4.69, 9.17) is 0 Å². The average Bonchev–Trinajstić information content (AvgIpc) is 3.26. The Morgan fingerprint density at radius 2 is 2.32 bits per heavy atom. The van der Waals surface area contributed by atoms with E-state index in [1.807, 2.05) is 18.0 Å². The molecule has 1 amide bonds. The van der Waals surface area contributed by atoms with Crippen LogP contribution in [0.3, 0.4) is 0 Å². The summed E-state index contributed by atoms with van der Waals surface area (Å²) >= 11 is 0. The number of rotatable bonds is 7. The third-order valence-corrected chi connectivity index (χ3v) is 4.85. The molecule has 0 aliphatic carbocycles. The summed E-state index contributed by atoms with van der Waals surface area (Å²) in [5.41, 5.74) is 0. The Bertz CT molecular complexity index is 691. The molecule has 7 heteroatoms. The number of likely N-dealkylation sites (tertiary alicyclic amines) is 1. The van der Waals surface area contributed by atoms with Gasteiger partial charge in [0.2, 0.25) is 5.91 Å². The maximum Gasteiger partial charge on any atom is 0.223 e. The lowest BCUT2D eigenvalue weighted by molar-refractivity contribution is -0.132. The third-order valence-electron chi connectivity index (χ3n) is 4.85. The average molecular weight is 344 g/mol. The zero-order chi connectivity index (χ0) is 17.6. The standard InChI is InChI=1S/C18H28N6O/c1-3-4-10-23-12-9-19-18(23)15-6-5-11-24(13-15)17(25)8-7-16-20-14(2)21-22-16/h9,12,15H,3-8,10-11,13H2,1-2H3,(H,20,21,22)/t15-/m1/s1. The number of hydrogen-bond donors (Lipinski definition) is 1. The van der Waals surface area contributed by atoms with E-state index in [9.17, 15) is 4.79 Å². The van der Waals surface area contributed by atoms with Crippen molar-refractivity contribution in [2.45, 2.75) is 64.8 Å². The van der Waals surface area contributed by atoms with Crippen LogP contribution >= 0.6 is 0 Å². The number of aryl methyl sites for hydroxylation is 3. The molecule has 3 rings (SSSR count). The summed E-state index contributed by atoms with van der Waals surface area (Å²) in [5, 5.41) is 6.93. The third kappa shape index (κ3) is 4.46. The van der Waals surface area contributed by atoms with Crippen molar-refractivity contribution in [3.8, 4) is 0 Å². The Labute approximate surface area is 148 Å². The normalized spacial score (nSPS) is 17.8. The van der Waals surface area contributed by atoms with Gasteiger partial charge >= 0.3 is 0 Å². The predicted octanol–water partition coefficient (Wildman–Crippen LogP) is 2.45. The van der Waals surface area contributed by atoms with Gasteiger partial charge < -0.3 is 9.47 Å². The van der Waals surface area contributed by atoms with Crippen LogP contribution < -0.4 is 0 Å². The second kappa shape index (κ2) is 8.27. The number of nitrogens with one attached hydrogen (secondary N) is 1. The monoisotopic (exact) mass is 344 g/mol. The molecule has 0 spiro atoms. The number of unbranched alkanes of at least 4 members (excludes halogenated alkanes) is 1. The number of nitrogens with zero attached hydrogens (tertiary/aromatic N) is 5. The smallest absolute Gasteiger partial charge is 0.223 e. The minimum Gasteiger partial charge on any atom is -0.342 e. The number of imidazole rings is 1. The van der Waals surface area contributed by atoms with E-state index in [1.54, 1.807) is 0 Å². The van der Waals surface area contributed by atoms with Crippen LogP contribution in [0.4, 0.5) is 0 Å². The molecule has 1 N–H and O–H groups in total. The molecule has 0 bridgehead atoms. The van der Waals surface area contributed by atoms with E-state index < -0.39 is 0 Å². The number of carbonyl (C=O) groups is 1. The Kier molecular flexibility index (Phi) is 5.83. The van der Waals surface area contributed by atoms with Crippen LogP contribution in [-0.4, -0.2) is 48.6 Å². The maximum absolute atomic E-state index is 12.6. The van der Waals surface area contributed by atoms with Crippen LogP contribution in [0.5, 0.6) is 0 Å². The molecule has 3 heterocycles. The highest BCUT2D eigenvalue weighted by Crippen LogP contribution is 2.26. The first kappa shape index (κ1) is 17.6. The molecule has 7 nitrogen and oxygen atoms in total. The van der Waals surface area contributed by atoms with Gasteiger partial charge in [-0.25, -0.2) is 9.97 Å². The summed E-state index contributed by atoms with van der Waals surface area (Å²) in [6.07, 6.45) is 9.49. The van der Waals surface area contributed by atoms with Crippen molar-refractivity contribution in [3.05, 3.63) is 29.9 Å². The molecule has 1 fully saturated rings. The molecule has 0 saturated carbocycles. The largest absolute Gasteiger partial charge is 0.342 e. The van der Waals surface area contributed by atoms with Crippen molar-refractivity contribution in [1.29, 1.82) is 0 Å².